The average Bonchev–Trinajstić information content (AvgIpc) is 2.09. The maximum Gasteiger partial charge on any atom is 0.0438 e. The predicted octanol–water partition coefficient (Wildman–Crippen LogP) is 3.35. The molecular weight excluding hydrogens is 158 g/mol. The Hall–Kier alpha value is -1.24. The molecule has 70 valence electrons. The molecule has 0 unspecified atom stereocenters. The van der Waals surface area contributed by atoms with Crippen molar-refractivity contribution in [1.29, 1.82) is 0 Å². The van der Waals surface area contributed by atoms with E-state index in [1.54, 1.807) is 0 Å². The van der Waals surface area contributed by atoms with Crippen molar-refractivity contribution in [3.63, 3.8) is 0 Å². The molecular formula is C12H17N. The molecule has 0 saturated heterocycles. The molecule has 1 nitrogen and oxygen atoms in total. The first-order valence-corrected chi connectivity index (χ1v) is 4.63. The summed E-state index contributed by atoms with van der Waals surface area (Å²) in [4.78, 5) is 2.18. The lowest BCUT2D eigenvalue weighted by Crippen LogP contribution is -2.24. The number of para-hydroxylation sites is 1. The topological polar surface area (TPSA) is 3.24 Å². The van der Waals surface area contributed by atoms with E-state index >= 15 is 0 Å². The Morgan fingerprint density at radius 2 is 1.92 bits per heavy atom. The van der Waals surface area contributed by atoms with Crippen LogP contribution in [0.4, 0.5) is 5.69 Å². The third-order valence-electron chi connectivity index (χ3n) is 2.15. The smallest absolute Gasteiger partial charge is 0.0438 e. The molecule has 0 aliphatic carbocycles. The van der Waals surface area contributed by atoms with Gasteiger partial charge < -0.3 is 4.90 Å². The second-order valence-corrected chi connectivity index (χ2v) is 3.47. The lowest BCUT2D eigenvalue weighted by atomic mass is 10.1. The Labute approximate surface area is 80.7 Å². The fourth-order valence-corrected chi connectivity index (χ4v) is 1.44. The van der Waals surface area contributed by atoms with E-state index < -0.39 is 0 Å². The van der Waals surface area contributed by atoms with Gasteiger partial charge in [-0.3, -0.25) is 0 Å². The van der Waals surface area contributed by atoms with Gasteiger partial charge in [0.05, 0.1) is 0 Å². The molecule has 0 saturated carbocycles. The van der Waals surface area contributed by atoms with E-state index in [1.807, 2.05) is 6.20 Å². The van der Waals surface area contributed by atoms with Crippen molar-refractivity contribution in [3.05, 3.63) is 42.6 Å². The summed E-state index contributed by atoms with van der Waals surface area (Å²) in [7, 11) is 0. The fourth-order valence-electron chi connectivity index (χ4n) is 1.44. The summed E-state index contributed by atoms with van der Waals surface area (Å²) in [5, 5.41) is 0. The van der Waals surface area contributed by atoms with Crippen LogP contribution in [0, 0.1) is 6.92 Å². The minimum Gasteiger partial charge on any atom is -0.346 e. The third kappa shape index (κ3) is 2.11. The van der Waals surface area contributed by atoms with E-state index in [2.05, 4.69) is 56.5 Å². The number of hydrogen-bond donors (Lipinski definition) is 0. The monoisotopic (exact) mass is 175 g/mol. The van der Waals surface area contributed by atoms with Gasteiger partial charge >= 0.3 is 0 Å². The minimum absolute atomic E-state index is 0.457. The fraction of sp³-hybridized carbons (Fsp3) is 0.333. The van der Waals surface area contributed by atoms with E-state index in [1.165, 1.54) is 11.3 Å². The molecule has 1 rings (SSSR count). The van der Waals surface area contributed by atoms with Crippen molar-refractivity contribution in [2.24, 2.45) is 0 Å². The SMILES string of the molecule is C=CN(c1ccccc1C)C(C)C. The highest BCUT2D eigenvalue weighted by Crippen LogP contribution is 2.21. The zero-order valence-corrected chi connectivity index (χ0v) is 8.62. The van der Waals surface area contributed by atoms with E-state index in [0.29, 0.717) is 6.04 Å². The number of hydrogen-bond acceptors (Lipinski definition) is 1. The Morgan fingerprint density at radius 3 is 2.38 bits per heavy atom. The quantitative estimate of drug-likeness (QED) is 0.681. The number of benzene rings is 1. The van der Waals surface area contributed by atoms with Crippen molar-refractivity contribution < 1.29 is 0 Å². The molecule has 1 heteroatoms. The van der Waals surface area contributed by atoms with Gasteiger partial charge in [-0.05, 0) is 38.6 Å². The van der Waals surface area contributed by atoms with E-state index in [-0.39, 0.29) is 0 Å². The average molecular weight is 175 g/mol. The lowest BCUT2D eigenvalue weighted by molar-refractivity contribution is 0.781. The highest BCUT2D eigenvalue weighted by molar-refractivity contribution is 5.55. The van der Waals surface area contributed by atoms with Gasteiger partial charge in [0.15, 0.2) is 0 Å². The summed E-state index contributed by atoms with van der Waals surface area (Å²) in [5.74, 6) is 0. The summed E-state index contributed by atoms with van der Waals surface area (Å²) >= 11 is 0. The van der Waals surface area contributed by atoms with Crippen LogP contribution in [0.2, 0.25) is 0 Å². The van der Waals surface area contributed by atoms with Crippen LogP contribution in [0.5, 0.6) is 0 Å². The van der Waals surface area contributed by atoms with Gasteiger partial charge in [0.1, 0.15) is 0 Å². The Bertz CT molecular complexity index is 289. The molecule has 1 aromatic carbocycles. The van der Waals surface area contributed by atoms with Crippen LogP contribution in [0.1, 0.15) is 19.4 Å². The molecule has 0 amide bonds. The van der Waals surface area contributed by atoms with Gasteiger partial charge in [-0.15, -0.1) is 0 Å². The summed E-state index contributed by atoms with van der Waals surface area (Å²) in [6.45, 7) is 10.3. The molecule has 0 radical (unpaired) electrons. The summed E-state index contributed by atoms with van der Waals surface area (Å²) in [5.41, 5.74) is 2.53. The maximum absolute atomic E-state index is 3.83. The molecule has 0 bridgehead atoms. The van der Waals surface area contributed by atoms with E-state index in [9.17, 15) is 0 Å². The molecule has 0 aliphatic heterocycles. The Morgan fingerprint density at radius 1 is 1.31 bits per heavy atom. The van der Waals surface area contributed by atoms with Gasteiger partial charge in [-0.2, -0.15) is 0 Å². The normalized spacial score (nSPS) is 10.2. The zero-order valence-electron chi connectivity index (χ0n) is 8.62. The molecule has 0 aromatic heterocycles. The summed E-state index contributed by atoms with van der Waals surface area (Å²) in [6, 6.07) is 8.81. The van der Waals surface area contributed by atoms with Crippen LogP contribution in [0.25, 0.3) is 0 Å². The van der Waals surface area contributed by atoms with Gasteiger partial charge in [0, 0.05) is 11.7 Å². The van der Waals surface area contributed by atoms with Crippen molar-refractivity contribution >= 4 is 5.69 Å². The van der Waals surface area contributed by atoms with Crippen LogP contribution >= 0.6 is 0 Å². The first kappa shape index (κ1) is 9.85. The van der Waals surface area contributed by atoms with E-state index in [4.69, 9.17) is 0 Å². The van der Waals surface area contributed by atoms with Crippen LogP contribution in [-0.2, 0) is 0 Å². The van der Waals surface area contributed by atoms with Gasteiger partial charge in [0.25, 0.3) is 0 Å². The molecule has 0 atom stereocenters. The summed E-state index contributed by atoms with van der Waals surface area (Å²) in [6.07, 6.45) is 1.88. The number of nitrogens with zero attached hydrogens (tertiary/aromatic N) is 1. The third-order valence-corrected chi connectivity index (χ3v) is 2.15. The molecule has 0 heterocycles. The number of anilines is 1. The van der Waals surface area contributed by atoms with Crippen molar-refractivity contribution in [2.45, 2.75) is 26.8 Å². The Balaban J connectivity index is 3.04. The standard InChI is InChI=1S/C12H17N/c1-5-13(10(2)3)12-9-7-6-8-11(12)4/h5-10H,1H2,2-4H3. The van der Waals surface area contributed by atoms with Gasteiger partial charge in [0.2, 0.25) is 0 Å². The molecule has 0 spiro atoms. The van der Waals surface area contributed by atoms with Gasteiger partial charge in [-0.25, -0.2) is 0 Å². The Kier molecular flexibility index (Phi) is 3.13. The van der Waals surface area contributed by atoms with Crippen LogP contribution in [0.3, 0.4) is 0 Å². The highest BCUT2D eigenvalue weighted by Gasteiger charge is 2.07. The second kappa shape index (κ2) is 4.13. The molecule has 0 N–H and O–H groups in total. The van der Waals surface area contributed by atoms with Crippen LogP contribution in [-0.4, -0.2) is 6.04 Å². The van der Waals surface area contributed by atoms with Crippen LogP contribution < -0.4 is 4.90 Å². The minimum atomic E-state index is 0.457. The van der Waals surface area contributed by atoms with Crippen molar-refractivity contribution in [3.8, 4) is 0 Å². The maximum atomic E-state index is 3.83. The molecule has 1 aromatic rings. The predicted molar refractivity (Wildman–Crippen MR) is 59.0 cm³/mol. The first-order valence-electron chi connectivity index (χ1n) is 4.63. The van der Waals surface area contributed by atoms with Crippen molar-refractivity contribution in [1.82, 2.24) is 0 Å². The van der Waals surface area contributed by atoms with Crippen molar-refractivity contribution in [2.75, 3.05) is 4.90 Å². The molecule has 0 aliphatic rings. The highest BCUT2D eigenvalue weighted by atomic mass is 15.1. The lowest BCUT2D eigenvalue weighted by Gasteiger charge is -2.26. The molecule has 13 heavy (non-hydrogen) atoms. The zero-order chi connectivity index (χ0) is 9.84. The number of aryl methyl sites for hydroxylation is 1. The number of rotatable bonds is 3. The van der Waals surface area contributed by atoms with Gasteiger partial charge in [-0.1, -0.05) is 24.8 Å². The van der Waals surface area contributed by atoms with Crippen LogP contribution in [0.15, 0.2) is 37.0 Å². The molecule has 0 fully saturated rings. The first-order chi connectivity index (χ1) is 6.16. The largest absolute Gasteiger partial charge is 0.346 e. The van der Waals surface area contributed by atoms with E-state index in [0.717, 1.165) is 0 Å². The summed E-state index contributed by atoms with van der Waals surface area (Å²) < 4.78 is 0. The second-order valence-electron chi connectivity index (χ2n) is 3.47.